The quantitative estimate of drug-likeness (QED) is 0.593. The molecule has 0 unspecified atom stereocenters. The lowest BCUT2D eigenvalue weighted by molar-refractivity contribution is -0.137. The molecule has 0 aliphatic carbocycles. The van der Waals surface area contributed by atoms with E-state index in [9.17, 15) is 13.2 Å². The molecule has 0 radical (unpaired) electrons. The van der Waals surface area contributed by atoms with E-state index in [1.165, 1.54) is 6.07 Å². The maximum atomic E-state index is 12.6. The second kappa shape index (κ2) is 6.87. The number of fused-ring (bicyclic) bond motifs is 1. The van der Waals surface area contributed by atoms with Crippen molar-refractivity contribution < 1.29 is 17.9 Å². The molecule has 26 heavy (non-hydrogen) atoms. The molecule has 0 saturated carbocycles. The standard InChI is InChI=1S/C18H19N3O4S/c1-4-25-18(22)15(11-13-9-10-19-21(13)12(2)3)17-14-7-5-6-8-16(14)26(23,24)20-17/h5-12H,4H2,1-3H3. The Morgan fingerprint density at radius 3 is 2.69 bits per heavy atom. The normalized spacial score (nSPS) is 15.7. The molecule has 8 heteroatoms. The average molecular weight is 373 g/mol. The predicted molar refractivity (Wildman–Crippen MR) is 97.4 cm³/mol. The fourth-order valence-corrected chi connectivity index (χ4v) is 3.98. The summed E-state index contributed by atoms with van der Waals surface area (Å²) in [7, 11) is -3.84. The zero-order valence-electron chi connectivity index (χ0n) is 14.7. The zero-order valence-corrected chi connectivity index (χ0v) is 15.5. The lowest BCUT2D eigenvalue weighted by Crippen LogP contribution is -2.17. The molecule has 0 amide bonds. The lowest BCUT2D eigenvalue weighted by Gasteiger charge is -2.11. The fraction of sp³-hybridized carbons (Fsp3) is 0.278. The molecule has 1 aliphatic heterocycles. The number of esters is 1. The number of aromatic nitrogens is 2. The van der Waals surface area contributed by atoms with Crippen molar-refractivity contribution in [2.24, 2.45) is 4.40 Å². The van der Waals surface area contributed by atoms with Gasteiger partial charge in [0.1, 0.15) is 0 Å². The average Bonchev–Trinajstić information content (AvgIpc) is 3.16. The Balaban J connectivity index is 2.19. The Hall–Kier alpha value is -2.74. The van der Waals surface area contributed by atoms with Gasteiger partial charge in [-0.25, -0.2) is 4.79 Å². The largest absolute Gasteiger partial charge is 0.462 e. The van der Waals surface area contributed by atoms with Gasteiger partial charge in [0.25, 0.3) is 10.0 Å². The predicted octanol–water partition coefficient (Wildman–Crippen LogP) is 2.60. The highest BCUT2D eigenvalue weighted by atomic mass is 32.2. The number of carbonyl (C=O) groups is 1. The minimum atomic E-state index is -3.84. The first-order valence-electron chi connectivity index (χ1n) is 8.22. The van der Waals surface area contributed by atoms with Gasteiger partial charge >= 0.3 is 5.97 Å². The van der Waals surface area contributed by atoms with Crippen LogP contribution in [0.4, 0.5) is 0 Å². The Morgan fingerprint density at radius 2 is 2.00 bits per heavy atom. The maximum absolute atomic E-state index is 12.6. The second-order valence-corrected chi connectivity index (χ2v) is 7.56. The number of carbonyl (C=O) groups excluding carboxylic acids is 1. The molecule has 0 N–H and O–H groups in total. The first-order chi connectivity index (χ1) is 12.3. The molecule has 0 spiro atoms. The van der Waals surface area contributed by atoms with E-state index < -0.39 is 16.0 Å². The smallest absolute Gasteiger partial charge is 0.340 e. The van der Waals surface area contributed by atoms with E-state index >= 15 is 0 Å². The van der Waals surface area contributed by atoms with Crippen molar-refractivity contribution in [3.05, 3.63) is 53.4 Å². The summed E-state index contributed by atoms with van der Waals surface area (Å²) in [6.07, 6.45) is 3.19. The van der Waals surface area contributed by atoms with Crippen molar-refractivity contribution in [2.45, 2.75) is 31.7 Å². The third-order valence-corrected chi connectivity index (χ3v) is 5.20. The van der Waals surface area contributed by atoms with Crippen LogP contribution in [-0.2, 0) is 19.6 Å². The minimum absolute atomic E-state index is 0.0706. The fourth-order valence-electron chi connectivity index (χ4n) is 2.75. The first-order valence-corrected chi connectivity index (χ1v) is 9.66. The van der Waals surface area contributed by atoms with E-state index in [1.807, 2.05) is 13.8 Å². The topological polar surface area (TPSA) is 90.6 Å². The van der Waals surface area contributed by atoms with Gasteiger partial charge in [-0.1, -0.05) is 18.2 Å². The molecule has 0 bridgehead atoms. The highest BCUT2D eigenvalue weighted by Crippen LogP contribution is 2.30. The number of benzene rings is 1. The van der Waals surface area contributed by atoms with Crippen LogP contribution in [0.25, 0.3) is 6.08 Å². The van der Waals surface area contributed by atoms with Crippen LogP contribution in [0.15, 0.2) is 51.4 Å². The van der Waals surface area contributed by atoms with Crippen molar-refractivity contribution in [3.63, 3.8) is 0 Å². The van der Waals surface area contributed by atoms with Crippen LogP contribution in [0.3, 0.4) is 0 Å². The Labute approximate surface area is 152 Å². The van der Waals surface area contributed by atoms with Gasteiger partial charge in [0.15, 0.2) is 0 Å². The second-order valence-electron chi connectivity index (χ2n) is 5.98. The molecular weight excluding hydrogens is 354 g/mol. The highest BCUT2D eigenvalue weighted by Gasteiger charge is 2.33. The van der Waals surface area contributed by atoms with Gasteiger partial charge in [-0.05, 0) is 39.0 Å². The Morgan fingerprint density at radius 1 is 1.27 bits per heavy atom. The van der Waals surface area contributed by atoms with E-state index in [4.69, 9.17) is 4.74 Å². The van der Waals surface area contributed by atoms with Crippen molar-refractivity contribution in [1.82, 2.24) is 9.78 Å². The molecule has 136 valence electrons. The molecule has 0 atom stereocenters. The van der Waals surface area contributed by atoms with Gasteiger partial charge in [0, 0.05) is 17.8 Å². The summed E-state index contributed by atoms with van der Waals surface area (Å²) < 4.78 is 35.4. The van der Waals surface area contributed by atoms with Gasteiger partial charge in [0.05, 0.1) is 28.5 Å². The summed E-state index contributed by atoms with van der Waals surface area (Å²) in [6, 6.07) is 8.25. The lowest BCUT2D eigenvalue weighted by atomic mass is 10.0. The number of nitrogens with zero attached hydrogens (tertiary/aromatic N) is 3. The summed E-state index contributed by atoms with van der Waals surface area (Å²) in [5.74, 6) is -0.630. The van der Waals surface area contributed by atoms with Crippen LogP contribution in [0.5, 0.6) is 0 Å². The van der Waals surface area contributed by atoms with Crippen LogP contribution in [-0.4, -0.2) is 36.5 Å². The van der Waals surface area contributed by atoms with Crippen molar-refractivity contribution >= 4 is 27.8 Å². The summed E-state index contributed by atoms with van der Waals surface area (Å²) in [4.78, 5) is 12.6. The summed E-state index contributed by atoms with van der Waals surface area (Å²) in [5, 5.41) is 4.24. The van der Waals surface area contributed by atoms with Gasteiger partial charge in [-0.3, -0.25) is 4.68 Å². The molecule has 1 aromatic carbocycles. The van der Waals surface area contributed by atoms with E-state index in [-0.39, 0.29) is 28.8 Å². The van der Waals surface area contributed by atoms with Gasteiger partial charge in [-0.15, -0.1) is 0 Å². The van der Waals surface area contributed by atoms with Gasteiger partial charge in [0.2, 0.25) is 0 Å². The van der Waals surface area contributed by atoms with Crippen molar-refractivity contribution in [1.29, 1.82) is 0 Å². The molecule has 2 aromatic rings. The van der Waals surface area contributed by atoms with Crippen LogP contribution in [0, 0.1) is 0 Å². The summed E-state index contributed by atoms with van der Waals surface area (Å²) in [5.41, 5.74) is 1.23. The van der Waals surface area contributed by atoms with Crippen LogP contribution >= 0.6 is 0 Å². The molecular formula is C18H19N3O4S. The number of hydrogen-bond donors (Lipinski definition) is 0. The molecule has 0 fully saturated rings. The van der Waals surface area contributed by atoms with Crippen molar-refractivity contribution in [3.8, 4) is 0 Å². The van der Waals surface area contributed by atoms with E-state index in [2.05, 4.69) is 9.50 Å². The molecule has 7 nitrogen and oxygen atoms in total. The third kappa shape index (κ3) is 3.20. The first kappa shape index (κ1) is 18.1. The molecule has 1 aliphatic rings. The van der Waals surface area contributed by atoms with Crippen LogP contribution in [0.1, 0.15) is 38.1 Å². The summed E-state index contributed by atoms with van der Waals surface area (Å²) in [6.45, 7) is 5.78. The van der Waals surface area contributed by atoms with E-state index in [0.29, 0.717) is 11.3 Å². The summed E-state index contributed by atoms with van der Waals surface area (Å²) >= 11 is 0. The Kier molecular flexibility index (Phi) is 4.78. The molecule has 3 rings (SSSR count). The molecule has 2 heterocycles. The number of ether oxygens (including phenoxy) is 1. The van der Waals surface area contributed by atoms with Crippen molar-refractivity contribution in [2.75, 3.05) is 6.61 Å². The minimum Gasteiger partial charge on any atom is -0.462 e. The number of sulfonamides is 1. The molecule has 0 saturated heterocycles. The van der Waals surface area contributed by atoms with Gasteiger partial charge in [-0.2, -0.15) is 17.9 Å². The monoisotopic (exact) mass is 373 g/mol. The third-order valence-electron chi connectivity index (χ3n) is 3.86. The van der Waals surface area contributed by atoms with E-state index in [1.54, 1.807) is 48.1 Å². The van der Waals surface area contributed by atoms with Crippen LogP contribution < -0.4 is 0 Å². The SMILES string of the molecule is CCOC(=O)C(=Cc1ccnn1C(C)C)C1=NS(=O)(=O)c2ccccc21. The van der Waals surface area contributed by atoms with Crippen LogP contribution in [0.2, 0.25) is 0 Å². The van der Waals surface area contributed by atoms with Gasteiger partial charge < -0.3 is 4.74 Å². The molecule has 1 aromatic heterocycles. The maximum Gasteiger partial charge on any atom is 0.340 e. The van der Waals surface area contributed by atoms with E-state index in [0.717, 1.165) is 0 Å². The number of hydrogen-bond acceptors (Lipinski definition) is 5. The Bertz CT molecular complexity index is 1020. The highest BCUT2D eigenvalue weighted by molar-refractivity contribution is 7.90. The number of rotatable bonds is 5. The zero-order chi connectivity index (χ0) is 18.9.